The molecule has 0 bridgehead atoms. The van der Waals surface area contributed by atoms with E-state index < -0.39 is 0 Å². The molecule has 0 heterocycles. The van der Waals surface area contributed by atoms with Crippen LogP contribution >= 0.6 is 0 Å². The Labute approximate surface area is 104 Å². The normalized spacial score (nSPS) is 15.2. The average Bonchev–Trinajstić information content (AvgIpc) is 2.07. The van der Waals surface area contributed by atoms with E-state index in [1.54, 1.807) is 0 Å². The molecule has 0 N–H and O–H groups in total. The molecule has 0 spiro atoms. The predicted octanol–water partition coefficient (Wildman–Crippen LogP) is 6.06. The maximum atomic E-state index is 2.40. The van der Waals surface area contributed by atoms with E-state index in [0.717, 1.165) is 5.92 Å². The van der Waals surface area contributed by atoms with Crippen LogP contribution in [0.3, 0.4) is 0 Å². The summed E-state index contributed by atoms with van der Waals surface area (Å²) in [6, 6.07) is 0. The molecule has 0 heteroatoms. The van der Waals surface area contributed by atoms with Gasteiger partial charge in [-0.25, -0.2) is 0 Å². The van der Waals surface area contributed by atoms with E-state index in [4.69, 9.17) is 0 Å². The highest BCUT2D eigenvalue weighted by atomic mass is 14.2. The first kappa shape index (κ1) is 16.0. The highest BCUT2D eigenvalue weighted by molar-refractivity contribution is 4.69. The van der Waals surface area contributed by atoms with Gasteiger partial charge >= 0.3 is 0 Å². The number of unbranched alkanes of at least 4 members (excludes halogenated alkanes) is 3. The van der Waals surface area contributed by atoms with E-state index in [2.05, 4.69) is 48.5 Å². The summed E-state index contributed by atoms with van der Waals surface area (Å²) in [5.74, 6) is 0.857. The summed E-state index contributed by atoms with van der Waals surface area (Å²) in [7, 11) is 0. The van der Waals surface area contributed by atoms with Crippen LogP contribution in [0.2, 0.25) is 0 Å². The van der Waals surface area contributed by atoms with E-state index >= 15 is 0 Å². The van der Waals surface area contributed by atoms with Gasteiger partial charge in [0.2, 0.25) is 0 Å². The quantitative estimate of drug-likeness (QED) is 0.483. The fourth-order valence-electron chi connectivity index (χ4n) is 1.89. The highest BCUT2D eigenvalue weighted by Crippen LogP contribution is 2.30. The van der Waals surface area contributed by atoms with Crippen molar-refractivity contribution >= 4 is 0 Å². The van der Waals surface area contributed by atoms with Crippen molar-refractivity contribution in [1.29, 1.82) is 0 Å². The zero-order valence-electron chi connectivity index (χ0n) is 12.8. The van der Waals surface area contributed by atoms with Gasteiger partial charge in [-0.2, -0.15) is 0 Å². The lowest BCUT2D eigenvalue weighted by atomic mass is 9.79. The smallest absolute Gasteiger partial charge is 0.0357 e. The molecular weight excluding hydrogens is 192 g/mol. The Hall–Kier alpha value is 0. The summed E-state index contributed by atoms with van der Waals surface area (Å²) in [5, 5.41) is 0. The van der Waals surface area contributed by atoms with Crippen LogP contribution in [0.15, 0.2) is 0 Å². The summed E-state index contributed by atoms with van der Waals surface area (Å²) in [6.45, 7) is 16.5. The minimum absolute atomic E-state index is 0.491. The third-order valence-electron chi connectivity index (χ3n) is 3.79. The average molecular weight is 226 g/mol. The molecule has 16 heavy (non-hydrogen) atoms. The van der Waals surface area contributed by atoms with Crippen molar-refractivity contribution in [3.05, 3.63) is 0 Å². The van der Waals surface area contributed by atoms with Crippen molar-refractivity contribution in [1.82, 2.24) is 0 Å². The van der Waals surface area contributed by atoms with Crippen LogP contribution in [0.1, 0.15) is 87.0 Å². The first-order valence-electron chi connectivity index (χ1n) is 7.13. The van der Waals surface area contributed by atoms with E-state index in [1.165, 1.54) is 38.5 Å². The highest BCUT2D eigenvalue weighted by Gasteiger charge is 2.18. The summed E-state index contributed by atoms with van der Waals surface area (Å²) in [6.07, 6.45) is 8.46. The second-order valence-electron chi connectivity index (χ2n) is 7.78. The topological polar surface area (TPSA) is 0 Å². The minimum atomic E-state index is 0.491. The summed E-state index contributed by atoms with van der Waals surface area (Å²) in [5.41, 5.74) is 1.02. The third-order valence-corrected chi connectivity index (χ3v) is 3.79. The lowest BCUT2D eigenvalue weighted by molar-refractivity contribution is 0.240. The van der Waals surface area contributed by atoms with Crippen LogP contribution in [0.4, 0.5) is 0 Å². The van der Waals surface area contributed by atoms with Gasteiger partial charge < -0.3 is 0 Å². The monoisotopic (exact) mass is 226 g/mol. The number of rotatable bonds is 6. The Bertz CT molecular complexity index is 165. The van der Waals surface area contributed by atoms with Crippen LogP contribution in [-0.2, 0) is 0 Å². The second kappa shape index (κ2) is 6.67. The molecule has 98 valence electrons. The van der Waals surface area contributed by atoms with Crippen LogP contribution in [0.25, 0.3) is 0 Å². The molecule has 0 radical (unpaired) electrons. The van der Waals surface area contributed by atoms with E-state index in [0.29, 0.717) is 10.8 Å². The Balaban J connectivity index is 3.41. The molecule has 0 aliphatic rings. The van der Waals surface area contributed by atoms with Gasteiger partial charge in [0.15, 0.2) is 0 Å². The van der Waals surface area contributed by atoms with Crippen molar-refractivity contribution in [2.75, 3.05) is 0 Å². The van der Waals surface area contributed by atoms with Gasteiger partial charge in [0, 0.05) is 0 Å². The Morgan fingerprint density at radius 2 is 1.25 bits per heavy atom. The Morgan fingerprint density at radius 3 is 1.69 bits per heavy atom. The molecule has 0 aliphatic heterocycles. The molecule has 0 rings (SSSR count). The van der Waals surface area contributed by atoms with Crippen LogP contribution < -0.4 is 0 Å². The fraction of sp³-hybridized carbons (Fsp3) is 1.00. The molecule has 0 aromatic rings. The molecule has 0 aromatic carbocycles. The number of hydrogen-bond donors (Lipinski definition) is 0. The van der Waals surface area contributed by atoms with Crippen molar-refractivity contribution < 1.29 is 0 Å². The first-order chi connectivity index (χ1) is 7.13. The molecule has 0 aliphatic carbocycles. The lowest BCUT2D eigenvalue weighted by Gasteiger charge is -2.27. The number of hydrogen-bond acceptors (Lipinski definition) is 0. The van der Waals surface area contributed by atoms with E-state index in [-0.39, 0.29) is 0 Å². The van der Waals surface area contributed by atoms with Gasteiger partial charge in [0.1, 0.15) is 0 Å². The van der Waals surface area contributed by atoms with Gasteiger partial charge in [-0.15, -0.1) is 0 Å². The summed E-state index contributed by atoms with van der Waals surface area (Å²) >= 11 is 0. The molecule has 0 nitrogen and oxygen atoms in total. The SMILES string of the molecule is CC(CCCCCCC(C)(C)C)C(C)(C)C. The Morgan fingerprint density at radius 1 is 0.750 bits per heavy atom. The van der Waals surface area contributed by atoms with Crippen molar-refractivity contribution in [2.45, 2.75) is 87.0 Å². The van der Waals surface area contributed by atoms with Crippen LogP contribution in [-0.4, -0.2) is 0 Å². The fourth-order valence-corrected chi connectivity index (χ4v) is 1.89. The van der Waals surface area contributed by atoms with Gasteiger partial charge in [-0.1, -0.05) is 80.6 Å². The predicted molar refractivity (Wildman–Crippen MR) is 75.8 cm³/mol. The molecule has 0 saturated carbocycles. The zero-order valence-corrected chi connectivity index (χ0v) is 12.8. The first-order valence-corrected chi connectivity index (χ1v) is 7.13. The van der Waals surface area contributed by atoms with Crippen molar-refractivity contribution in [2.24, 2.45) is 16.7 Å². The van der Waals surface area contributed by atoms with Gasteiger partial charge in [-0.3, -0.25) is 0 Å². The standard InChI is InChI=1S/C16H34/c1-14(16(5,6)7)12-10-8-9-11-13-15(2,3)4/h14H,8-13H2,1-7H3. The maximum Gasteiger partial charge on any atom is -0.0357 e. The maximum absolute atomic E-state index is 2.40. The largest absolute Gasteiger partial charge is 0.0620 e. The van der Waals surface area contributed by atoms with Crippen LogP contribution in [0, 0.1) is 16.7 Å². The summed E-state index contributed by atoms with van der Waals surface area (Å²) in [4.78, 5) is 0. The van der Waals surface area contributed by atoms with Gasteiger partial charge in [0.05, 0.1) is 0 Å². The molecule has 1 atom stereocenters. The summed E-state index contributed by atoms with van der Waals surface area (Å²) < 4.78 is 0. The van der Waals surface area contributed by atoms with E-state index in [9.17, 15) is 0 Å². The molecule has 0 saturated heterocycles. The van der Waals surface area contributed by atoms with Crippen LogP contribution in [0.5, 0.6) is 0 Å². The Kier molecular flexibility index (Phi) is 6.67. The van der Waals surface area contributed by atoms with Gasteiger partial charge in [-0.05, 0) is 23.2 Å². The lowest BCUT2D eigenvalue weighted by Crippen LogP contribution is -2.16. The van der Waals surface area contributed by atoms with Crippen molar-refractivity contribution in [3.8, 4) is 0 Å². The molecule has 1 unspecified atom stereocenters. The van der Waals surface area contributed by atoms with Gasteiger partial charge in [0.25, 0.3) is 0 Å². The third kappa shape index (κ3) is 9.24. The minimum Gasteiger partial charge on any atom is -0.0620 e. The molecule has 0 amide bonds. The second-order valence-corrected chi connectivity index (χ2v) is 7.78. The zero-order chi connectivity index (χ0) is 12.8. The van der Waals surface area contributed by atoms with E-state index in [1.807, 2.05) is 0 Å². The molecule has 0 fully saturated rings. The molecular formula is C16H34. The van der Waals surface area contributed by atoms with Crippen molar-refractivity contribution in [3.63, 3.8) is 0 Å². The molecule has 0 aromatic heterocycles.